The summed E-state index contributed by atoms with van der Waals surface area (Å²) in [5.41, 5.74) is 3.10. The maximum atomic E-state index is 11.8. The van der Waals surface area contributed by atoms with Crippen LogP contribution in [0.15, 0.2) is 18.2 Å². The molecule has 1 amide bonds. The molecule has 0 bridgehead atoms. The summed E-state index contributed by atoms with van der Waals surface area (Å²) in [4.78, 5) is 11.8. The lowest BCUT2D eigenvalue weighted by atomic mass is 9.79. The Kier molecular flexibility index (Phi) is 3.00. The normalized spacial score (nSPS) is 29.7. The summed E-state index contributed by atoms with van der Waals surface area (Å²) in [5.74, 6) is 0.824. The third-order valence-corrected chi connectivity index (χ3v) is 4.94. The number of morpholine rings is 1. The standard InChI is InChI=1S/C16H20N2O2/c19-16-13-6-11(4-5-12(13)7-17-16)15-9-20-8-14(18-15)10-2-1-3-10/h4-6,10,14-15,18H,1-3,7-9H2,(H,17,19). The molecule has 2 N–H and O–H groups in total. The highest BCUT2D eigenvalue weighted by Gasteiger charge is 2.32. The minimum absolute atomic E-state index is 0.0501. The molecule has 0 radical (unpaired) electrons. The van der Waals surface area contributed by atoms with Crippen molar-refractivity contribution in [2.75, 3.05) is 13.2 Å². The van der Waals surface area contributed by atoms with Crippen molar-refractivity contribution in [3.63, 3.8) is 0 Å². The molecule has 1 aromatic rings. The molecule has 1 saturated carbocycles. The Morgan fingerprint density at radius 2 is 2.10 bits per heavy atom. The van der Waals surface area contributed by atoms with Gasteiger partial charge < -0.3 is 15.4 Å². The summed E-state index contributed by atoms with van der Waals surface area (Å²) in [6, 6.07) is 6.92. The Labute approximate surface area is 118 Å². The lowest BCUT2D eigenvalue weighted by Crippen LogP contribution is -2.49. The fourth-order valence-electron chi connectivity index (χ4n) is 3.42. The Bertz CT molecular complexity index is 539. The van der Waals surface area contributed by atoms with Gasteiger partial charge in [0.05, 0.1) is 19.3 Å². The van der Waals surface area contributed by atoms with Gasteiger partial charge in [-0.1, -0.05) is 18.6 Å². The van der Waals surface area contributed by atoms with E-state index in [1.807, 2.05) is 6.07 Å². The molecular weight excluding hydrogens is 252 g/mol. The van der Waals surface area contributed by atoms with Gasteiger partial charge in [0.2, 0.25) is 0 Å². The molecule has 2 aliphatic heterocycles. The monoisotopic (exact) mass is 272 g/mol. The van der Waals surface area contributed by atoms with Crippen molar-refractivity contribution >= 4 is 5.91 Å². The molecule has 0 spiro atoms. The quantitative estimate of drug-likeness (QED) is 0.862. The van der Waals surface area contributed by atoms with Crippen molar-refractivity contribution in [2.45, 2.75) is 37.9 Å². The van der Waals surface area contributed by atoms with E-state index in [1.165, 1.54) is 24.8 Å². The Balaban J connectivity index is 1.54. The molecule has 2 heterocycles. The van der Waals surface area contributed by atoms with Gasteiger partial charge in [-0.3, -0.25) is 4.79 Å². The minimum Gasteiger partial charge on any atom is -0.378 e. The molecule has 20 heavy (non-hydrogen) atoms. The summed E-state index contributed by atoms with van der Waals surface area (Å²) in [5, 5.41) is 6.59. The summed E-state index contributed by atoms with van der Waals surface area (Å²) < 4.78 is 5.79. The van der Waals surface area contributed by atoms with Gasteiger partial charge in [0.25, 0.3) is 5.91 Å². The molecular formula is C16H20N2O2. The first-order valence-corrected chi connectivity index (χ1v) is 7.56. The maximum Gasteiger partial charge on any atom is 0.251 e. The molecule has 4 heteroatoms. The molecule has 2 fully saturated rings. The molecule has 1 aromatic carbocycles. The second-order valence-corrected chi connectivity index (χ2v) is 6.15. The van der Waals surface area contributed by atoms with Crippen molar-refractivity contribution in [2.24, 2.45) is 5.92 Å². The zero-order valence-electron chi connectivity index (χ0n) is 11.5. The van der Waals surface area contributed by atoms with Crippen LogP contribution < -0.4 is 10.6 Å². The minimum atomic E-state index is 0.0501. The van der Waals surface area contributed by atoms with Crippen molar-refractivity contribution < 1.29 is 9.53 Å². The van der Waals surface area contributed by atoms with E-state index in [4.69, 9.17) is 4.74 Å². The van der Waals surface area contributed by atoms with E-state index in [2.05, 4.69) is 22.8 Å². The smallest absolute Gasteiger partial charge is 0.251 e. The Morgan fingerprint density at radius 3 is 2.90 bits per heavy atom. The van der Waals surface area contributed by atoms with Crippen molar-refractivity contribution in [3.8, 4) is 0 Å². The van der Waals surface area contributed by atoms with Gasteiger partial charge in [0.15, 0.2) is 0 Å². The molecule has 4 rings (SSSR count). The number of nitrogens with one attached hydrogen (secondary N) is 2. The zero-order valence-corrected chi connectivity index (χ0v) is 11.5. The Morgan fingerprint density at radius 1 is 1.20 bits per heavy atom. The number of ether oxygens (including phenoxy) is 1. The molecule has 2 unspecified atom stereocenters. The second-order valence-electron chi connectivity index (χ2n) is 6.15. The average Bonchev–Trinajstić information content (AvgIpc) is 2.79. The number of amides is 1. The van der Waals surface area contributed by atoms with E-state index in [9.17, 15) is 4.79 Å². The van der Waals surface area contributed by atoms with Crippen LogP contribution in [0.25, 0.3) is 0 Å². The first-order valence-electron chi connectivity index (χ1n) is 7.56. The van der Waals surface area contributed by atoms with E-state index in [-0.39, 0.29) is 11.9 Å². The van der Waals surface area contributed by atoms with Gasteiger partial charge in [-0.2, -0.15) is 0 Å². The van der Waals surface area contributed by atoms with Crippen molar-refractivity contribution in [3.05, 3.63) is 34.9 Å². The second kappa shape index (κ2) is 4.86. The molecule has 0 aromatic heterocycles. The van der Waals surface area contributed by atoms with Gasteiger partial charge in [-0.25, -0.2) is 0 Å². The van der Waals surface area contributed by atoms with Crippen LogP contribution in [0.5, 0.6) is 0 Å². The van der Waals surface area contributed by atoms with Crippen LogP contribution >= 0.6 is 0 Å². The van der Waals surface area contributed by atoms with E-state index < -0.39 is 0 Å². The van der Waals surface area contributed by atoms with Crippen LogP contribution in [0.1, 0.15) is 46.8 Å². The molecule has 1 saturated heterocycles. The summed E-state index contributed by atoms with van der Waals surface area (Å²) in [6.45, 7) is 2.18. The highest BCUT2D eigenvalue weighted by atomic mass is 16.5. The van der Waals surface area contributed by atoms with Crippen molar-refractivity contribution in [1.82, 2.24) is 10.6 Å². The van der Waals surface area contributed by atoms with Crippen LogP contribution in [0.3, 0.4) is 0 Å². The predicted octanol–water partition coefficient (Wildman–Crippen LogP) is 1.76. The molecule has 3 aliphatic rings. The number of carbonyl (C=O) groups excluding carboxylic acids is 1. The number of hydrogen-bond donors (Lipinski definition) is 2. The fourth-order valence-corrected chi connectivity index (χ4v) is 3.42. The lowest BCUT2D eigenvalue weighted by Gasteiger charge is -2.40. The molecule has 1 aliphatic carbocycles. The van der Waals surface area contributed by atoms with Gasteiger partial charge in [0, 0.05) is 18.2 Å². The first-order chi connectivity index (χ1) is 9.81. The van der Waals surface area contributed by atoms with Crippen LogP contribution in [-0.4, -0.2) is 25.2 Å². The number of benzene rings is 1. The van der Waals surface area contributed by atoms with E-state index in [1.54, 1.807) is 0 Å². The van der Waals surface area contributed by atoms with Crippen LogP contribution in [-0.2, 0) is 11.3 Å². The average molecular weight is 272 g/mol. The largest absolute Gasteiger partial charge is 0.378 e. The topological polar surface area (TPSA) is 50.4 Å². The zero-order chi connectivity index (χ0) is 13.5. The number of carbonyl (C=O) groups is 1. The Hall–Kier alpha value is -1.39. The van der Waals surface area contributed by atoms with Gasteiger partial charge in [-0.05, 0) is 36.0 Å². The summed E-state index contributed by atoms with van der Waals surface area (Å²) in [7, 11) is 0. The molecule has 4 nitrogen and oxygen atoms in total. The van der Waals surface area contributed by atoms with Crippen LogP contribution in [0.2, 0.25) is 0 Å². The highest BCUT2D eigenvalue weighted by Crippen LogP contribution is 2.33. The van der Waals surface area contributed by atoms with E-state index >= 15 is 0 Å². The number of fused-ring (bicyclic) bond motifs is 1. The fraction of sp³-hybridized carbons (Fsp3) is 0.562. The van der Waals surface area contributed by atoms with E-state index in [0.29, 0.717) is 19.2 Å². The molecule has 106 valence electrons. The maximum absolute atomic E-state index is 11.8. The number of hydrogen-bond acceptors (Lipinski definition) is 3. The van der Waals surface area contributed by atoms with Gasteiger partial charge >= 0.3 is 0 Å². The lowest BCUT2D eigenvalue weighted by molar-refractivity contribution is 0.0122. The van der Waals surface area contributed by atoms with Crippen LogP contribution in [0.4, 0.5) is 0 Å². The van der Waals surface area contributed by atoms with Gasteiger partial charge in [-0.15, -0.1) is 0 Å². The number of rotatable bonds is 2. The SMILES string of the molecule is O=C1NCc2ccc(C3COCC(C4CCC4)N3)cc21. The summed E-state index contributed by atoms with van der Waals surface area (Å²) in [6.07, 6.45) is 3.99. The third-order valence-electron chi connectivity index (χ3n) is 4.94. The highest BCUT2D eigenvalue weighted by molar-refractivity contribution is 5.98. The van der Waals surface area contributed by atoms with E-state index in [0.717, 1.165) is 23.7 Å². The predicted molar refractivity (Wildman–Crippen MR) is 75.4 cm³/mol. The molecule has 2 atom stereocenters. The third kappa shape index (κ3) is 2.03. The van der Waals surface area contributed by atoms with Crippen LogP contribution in [0, 0.1) is 5.92 Å². The summed E-state index contributed by atoms with van der Waals surface area (Å²) >= 11 is 0. The van der Waals surface area contributed by atoms with Gasteiger partial charge in [0.1, 0.15) is 0 Å². The first kappa shape index (κ1) is 12.4. The van der Waals surface area contributed by atoms with Crippen molar-refractivity contribution in [1.29, 1.82) is 0 Å².